The monoisotopic (exact) mass is 294 g/mol. The fourth-order valence-corrected chi connectivity index (χ4v) is 2.95. The lowest BCUT2D eigenvalue weighted by Crippen LogP contribution is -2.55. The summed E-state index contributed by atoms with van der Waals surface area (Å²) in [6, 6.07) is 6.15. The van der Waals surface area contributed by atoms with Crippen LogP contribution >= 0.6 is 0 Å². The molecule has 0 aromatic heterocycles. The molecule has 1 unspecified atom stereocenters. The maximum atomic E-state index is 6.06. The van der Waals surface area contributed by atoms with Gasteiger partial charge in [0.05, 0.1) is 27.4 Å². The molecule has 1 atom stereocenters. The smallest absolute Gasteiger partial charge is 0.161 e. The van der Waals surface area contributed by atoms with Crippen molar-refractivity contribution in [3.05, 3.63) is 23.8 Å². The van der Waals surface area contributed by atoms with Crippen molar-refractivity contribution in [3.8, 4) is 11.5 Å². The normalized spacial score (nSPS) is 20.0. The van der Waals surface area contributed by atoms with Gasteiger partial charge in [0.25, 0.3) is 0 Å². The Morgan fingerprint density at radius 3 is 2.57 bits per heavy atom. The van der Waals surface area contributed by atoms with E-state index >= 15 is 0 Å². The van der Waals surface area contributed by atoms with E-state index in [0.717, 1.165) is 36.8 Å². The highest BCUT2D eigenvalue weighted by atomic mass is 16.5. The summed E-state index contributed by atoms with van der Waals surface area (Å²) in [6.45, 7) is 7.28. The Kier molecular flexibility index (Phi) is 5.08. The van der Waals surface area contributed by atoms with E-state index in [0.29, 0.717) is 6.54 Å². The van der Waals surface area contributed by atoms with Gasteiger partial charge in [-0.05, 0) is 31.5 Å². The molecule has 0 aliphatic carbocycles. The minimum Gasteiger partial charge on any atom is -0.493 e. The number of hydrogen-bond donors (Lipinski definition) is 1. The minimum atomic E-state index is -0.0323. The van der Waals surface area contributed by atoms with E-state index in [1.165, 1.54) is 0 Å². The van der Waals surface area contributed by atoms with E-state index in [2.05, 4.69) is 24.8 Å². The number of morpholine rings is 1. The summed E-state index contributed by atoms with van der Waals surface area (Å²) in [5.41, 5.74) is 7.18. The first-order chi connectivity index (χ1) is 10.0. The number of benzene rings is 1. The van der Waals surface area contributed by atoms with Gasteiger partial charge in [-0.3, -0.25) is 4.90 Å². The van der Waals surface area contributed by atoms with Crippen LogP contribution in [0.1, 0.15) is 25.5 Å². The van der Waals surface area contributed by atoms with Gasteiger partial charge in [0.15, 0.2) is 11.5 Å². The molecule has 2 N–H and O–H groups in total. The van der Waals surface area contributed by atoms with E-state index in [4.69, 9.17) is 19.9 Å². The molecule has 1 saturated heterocycles. The highest BCUT2D eigenvalue weighted by molar-refractivity contribution is 5.44. The van der Waals surface area contributed by atoms with Crippen LogP contribution in [0, 0.1) is 0 Å². The molecule has 1 heterocycles. The van der Waals surface area contributed by atoms with Gasteiger partial charge in [-0.1, -0.05) is 6.07 Å². The topological polar surface area (TPSA) is 57.0 Å². The van der Waals surface area contributed by atoms with Crippen LogP contribution < -0.4 is 15.2 Å². The van der Waals surface area contributed by atoms with Gasteiger partial charge >= 0.3 is 0 Å². The van der Waals surface area contributed by atoms with Crippen molar-refractivity contribution >= 4 is 0 Å². The fourth-order valence-electron chi connectivity index (χ4n) is 2.95. The molecule has 5 heteroatoms. The van der Waals surface area contributed by atoms with E-state index in [9.17, 15) is 0 Å². The average Bonchev–Trinajstić information content (AvgIpc) is 2.49. The largest absolute Gasteiger partial charge is 0.493 e. The van der Waals surface area contributed by atoms with Crippen molar-refractivity contribution in [1.29, 1.82) is 0 Å². The Labute approximate surface area is 127 Å². The van der Waals surface area contributed by atoms with E-state index in [1.807, 2.05) is 12.1 Å². The molecular formula is C16H26N2O3. The van der Waals surface area contributed by atoms with Gasteiger partial charge in [0, 0.05) is 24.7 Å². The van der Waals surface area contributed by atoms with Gasteiger partial charge in [0.2, 0.25) is 0 Å². The van der Waals surface area contributed by atoms with Gasteiger partial charge in [0.1, 0.15) is 0 Å². The predicted octanol–water partition coefficient (Wildman–Crippen LogP) is 1.81. The standard InChI is InChI=1S/C16H26N2O3/c1-16(2)11-21-8-7-18(16)13(10-17)12-5-6-14(19-3)15(9-12)20-4/h5-6,9,13H,7-8,10-11,17H2,1-4H3. The molecule has 0 saturated carbocycles. The number of ether oxygens (including phenoxy) is 3. The third-order valence-corrected chi connectivity index (χ3v) is 4.10. The van der Waals surface area contributed by atoms with Crippen LogP contribution in [0.25, 0.3) is 0 Å². The van der Waals surface area contributed by atoms with Crippen LogP contribution in [0.5, 0.6) is 11.5 Å². The molecule has 118 valence electrons. The Morgan fingerprint density at radius 2 is 2.00 bits per heavy atom. The van der Waals surface area contributed by atoms with Crippen molar-refractivity contribution in [2.45, 2.75) is 25.4 Å². The number of hydrogen-bond acceptors (Lipinski definition) is 5. The second-order valence-corrected chi connectivity index (χ2v) is 5.92. The lowest BCUT2D eigenvalue weighted by Gasteiger charge is -2.46. The molecule has 2 rings (SSSR count). The first-order valence-corrected chi connectivity index (χ1v) is 7.30. The number of nitrogens with two attached hydrogens (primary N) is 1. The van der Waals surface area contributed by atoms with Gasteiger partial charge in [-0.25, -0.2) is 0 Å². The fraction of sp³-hybridized carbons (Fsp3) is 0.625. The Bertz CT molecular complexity index is 477. The zero-order valence-corrected chi connectivity index (χ0v) is 13.4. The zero-order chi connectivity index (χ0) is 15.5. The Hall–Kier alpha value is -1.30. The van der Waals surface area contributed by atoms with Crippen molar-refractivity contribution in [3.63, 3.8) is 0 Å². The van der Waals surface area contributed by atoms with Crippen LogP contribution in [-0.4, -0.2) is 51.0 Å². The van der Waals surface area contributed by atoms with Crippen LogP contribution in [0.4, 0.5) is 0 Å². The predicted molar refractivity (Wildman–Crippen MR) is 82.9 cm³/mol. The number of methoxy groups -OCH3 is 2. The van der Waals surface area contributed by atoms with Crippen LogP contribution in [0.15, 0.2) is 18.2 Å². The molecular weight excluding hydrogens is 268 g/mol. The van der Waals surface area contributed by atoms with Crippen molar-refractivity contribution in [1.82, 2.24) is 4.90 Å². The lowest BCUT2D eigenvalue weighted by molar-refractivity contribution is -0.0713. The summed E-state index contributed by atoms with van der Waals surface area (Å²) in [4.78, 5) is 2.41. The average molecular weight is 294 g/mol. The molecule has 1 aliphatic rings. The summed E-state index contributed by atoms with van der Waals surface area (Å²) in [5.74, 6) is 1.47. The Morgan fingerprint density at radius 1 is 1.29 bits per heavy atom. The summed E-state index contributed by atoms with van der Waals surface area (Å²) >= 11 is 0. The third kappa shape index (κ3) is 3.31. The summed E-state index contributed by atoms with van der Waals surface area (Å²) in [6.07, 6.45) is 0. The highest BCUT2D eigenvalue weighted by Gasteiger charge is 2.35. The lowest BCUT2D eigenvalue weighted by atomic mass is 9.95. The first kappa shape index (κ1) is 16.1. The molecule has 0 bridgehead atoms. The SMILES string of the molecule is COc1ccc(C(CN)N2CCOCC2(C)C)cc1OC. The second kappa shape index (κ2) is 6.64. The molecule has 5 nitrogen and oxygen atoms in total. The Balaban J connectivity index is 2.32. The van der Waals surface area contributed by atoms with E-state index < -0.39 is 0 Å². The molecule has 1 aromatic rings. The maximum absolute atomic E-state index is 6.06. The molecule has 1 aliphatic heterocycles. The minimum absolute atomic E-state index is 0.0323. The zero-order valence-electron chi connectivity index (χ0n) is 13.4. The van der Waals surface area contributed by atoms with Crippen molar-refractivity contribution < 1.29 is 14.2 Å². The first-order valence-electron chi connectivity index (χ1n) is 7.30. The summed E-state index contributed by atoms with van der Waals surface area (Å²) in [5, 5.41) is 0. The summed E-state index contributed by atoms with van der Waals surface area (Å²) < 4.78 is 16.3. The quantitative estimate of drug-likeness (QED) is 0.897. The van der Waals surface area contributed by atoms with Crippen LogP contribution in [0.3, 0.4) is 0 Å². The second-order valence-electron chi connectivity index (χ2n) is 5.92. The van der Waals surface area contributed by atoms with Crippen LogP contribution in [-0.2, 0) is 4.74 Å². The molecule has 0 spiro atoms. The van der Waals surface area contributed by atoms with E-state index in [1.54, 1.807) is 14.2 Å². The molecule has 21 heavy (non-hydrogen) atoms. The molecule has 0 amide bonds. The van der Waals surface area contributed by atoms with E-state index in [-0.39, 0.29) is 11.6 Å². The summed E-state index contributed by atoms with van der Waals surface area (Å²) in [7, 11) is 3.29. The van der Waals surface area contributed by atoms with Crippen LogP contribution in [0.2, 0.25) is 0 Å². The number of nitrogens with zero attached hydrogens (tertiary/aromatic N) is 1. The maximum Gasteiger partial charge on any atom is 0.161 e. The number of rotatable bonds is 5. The van der Waals surface area contributed by atoms with Gasteiger partial charge < -0.3 is 19.9 Å². The third-order valence-electron chi connectivity index (χ3n) is 4.10. The van der Waals surface area contributed by atoms with Gasteiger partial charge in [-0.15, -0.1) is 0 Å². The molecule has 0 radical (unpaired) electrons. The highest BCUT2D eigenvalue weighted by Crippen LogP contribution is 2.35. The van der Waals surface area contributed by atoms with Crippen molar-refractivity contribution in [2.75, 3.05) is 40.5 Å². The van der Waals surface area contributed by atoms with Gasteiger partial charge in [-0.2, -0.15) is 0 Å². The van der Waals surface area contributed by atoms with Crippen molar-refractivity contribution in [2.24, 2.45) is 5.73 Å². The molecule has 1 fully saturated rings. The molecule has 1 aromatic carbocycles.